The minimum absolute atomic E-state index is 0.00341. The first-order chi connectivity index (χ1) is 31.9. The van der Waals surface area contributed by atoms with Crippen LogP contribution in [-0.2, 0) is 37.9 Å². The van der Waals surface area contributed by atoms with Crippen LogP contribution >= 0.6 is 11.3 Å². The van der Waals surface area contributed by atoms with E-state index >= 15 is 0 Å². The normalized spacial score (nSPS) is 23.7. The maximum absolute atomic E-state index is 2.93. The van der Waals surface area contributed by atoms with Gasteiger partial charge in [0.25, 0.3) is 6.71 Å². The molecule has 0 radical (unpaired) electrons. The number of rotatable bonds is 3. The van der Waals surface area contributed by atoms with Gasteiger partial charge in [0, 0.05) is 37.6 Å². The average molecular weight is 917 g/mol. The molecule has 6 aromatic rings. The van der Waals surface area contributed by atoms with Crippen LogP contribution in [-0.4, -0.2) is 6.71 Å². The molecular weight excluding hydrogens is 840 g/mol. The van der Waals surface area contributed by atoms with Crippen LogP contribution < -0.4 is 25.5 Å². The summed E-state index contributed by atoms with van der Waals surface area (Å²) >= 11 is 2.07. The lowest BCUT2D eigenvalue weighted by molar-refractivity contribution is 0.136. The Labute approximate surface area is 414 Å². The standard InChI is InChI=1S/C64H77BN2S/c1-58(2,3)40-18-21-43(22-19-40)66-49-37-42(64-29-26-39(27-30-64)28-31-64)38-50-54(49)65(57-55(66)44-36-41(59(4,5)6)20-25-51(44)68-57)47-24-23-46-53(63(13,14)35-33-61(46,9)10)56(47)67(50)48-17-15-16-45-52(48)62(11,12)34-32-60(45,7)8/h15-25,36-39H,26-35H2,1-14H3. The van der Waals surface area contributed by atoms with Gasteiger partial charge in [-0.05, 0) is 200 Å². The van der Waals surface area contributed by atoms with Crippen molar-refractivity contribution in [3.05, 3.63) is 124 Å². The van der Waals surface area contributed by atoms with Gasteiger partial charge in [-0.25, -0.2) is 0 Å². The summed E-state index contributed by atoms with van der Waals surface area (Å²) in [7, 11) is 0. The van der Waals surface area contributed by atoms with Crippen LogP contribution in [0.3, 0.4) is 0 Å². The van der Waals surface area contributed by atoms with Gasteiger partial charge in [-0.15, -0.1) is 11.3 Å². The van der Waals surface area contributed by atoms with E-state index in [9.17, 15) is 0 Å². The molecule has 2 nitrogen and oxygen atoms in total. The third-order valence-corrected chi connectivity index (χ3v) is 20.5. The Bertz CT molecular complexity index is 3050. The zero-order valence-electron chi connectivity index (χ0n) is 44.1. The summed E-state index contributed by atoms with van der Waals surface area (Å²) in [6.45, 7) is 34.6. The first kappa shape index (κ1) is 44.9. The third kappa shape index (κ3) is 6.46. The third-order valence-electron chi connectivity index (χ3n) is 19.2. The lowest BCUT2D eigenvalue weighted by Gasteiger charge is -2.52. The van der Waals surface area contributed by atoms with Crippen molar-refractivity contribution in [1.29, 1.82) is 0 Å². The molecule has 3 saturated carbocycles. The van der Waals surface area contributed by atoms with Gasteiger partial charge in [0.15, 0.2) is 0 Å². The van der Waals surface area contributed by atoms with Gasteiger partial charge < -0.3 is 9.80 Å². The minimum atomic E-state index is -0.00341. The van der Waals surface area contributed by atoms with E-state index in [1.165, 1.54) is 141 Å². The highest BCUT2D eigenvalue weighted by Gasteiger charge is 2.52. The number of anilines is 6. The van der Waals surface area contributed by atoms with Crippen LogP contribution in [0.5, 0.6) is 0 Å². The number of hydrogen-bond donors (Lipinski definition) is 0. The van der Waals surface area contributed by atoms with E-state index in [-0.39, 0.29) is 44.6 Å². The molecule has 2 bridgehead atoms. The minimum Gasteiger partial charge on any atom is -0.311 e. The molecule has 4 heteroatoms. The van der Waals surface area contributed by atoms with Gasteiger partial charge in [0.1, 0.15) is 0 Å². The van der Waals surface area contributed by atoms with E-state index in [4.69, 9.17) is 0 Å². The largest absolute Gasteiger partial charge is 0.311 e. The van der Waals surface area contributed by atoms with Gasteiger partial charge in [0.2, 0.25) is 0 Å². The monoisotopic (exact) mass is 917 g/mol. The van der Waals surface area contributed by atoms with Crippen LogP contribution in [0.2, 0.25) is 0 Å². The molecule has 0 spiro atoms. The molecule has 13 rings (SSSR count). The van der Waals surface area contributed by atoms with Crippen LogP contribution in [0.25, 0.3) is 10.1 Å². The van der Waals surface area contributed by atoms with Gasteiger partial charge in [0.05, 0.1) is 11.4 Å². The second kappa shape index (κ2) is 14.4. The van der Waals surface area contributed by atoms with Crippen molar-refractivity contribution < 1.29 is 0 Å². The molecule has 1 aromatic heterocycles. The predicted octanol–water partition coefficient (Wildman–Crippen LogP) is 16.5. The predicted molar refractivity (Wildman–Crippen MR) is 297 cm³/mol. The highest BCUT2D eigenvalue weighted by Crippen LogP contribution is 2.60. The van der Waals surface area contributed by atoms with Crippen molar-refractivity contribution in [2.24, 2.45) is 5.92 Å². The van der Waals surface area contributed by atoms with Crippen molar-refractivity contribution in [1.82, 2.24) is 0 Å². The van der Waals surface area contributed by atoms with Crippen LogP contribution in [0, 0.1) is 5.92 Å². The molecule has 3 heterocycles. The summed E-state index contributed by atoms with van der Waals surface area (Å²) in [5, 5.41) is 1.40. The molecule has 352 valence electrons. The molecule has 3 fully saturated rings. The van der Waals surface area contributed by atoms with Gasteiger partial charge in [-0.3, -0.25) is 0 Å². The molecule has 2 aliphatic heterocycles. The number of benzene rings is 5. The quantitative estimate of drug-likeness (QED) is 0.163. The summed E-state index contributed by atoms with van der Waals surface area (Å²) < 4.78 is 2.89. The number of nitrogens with zero attached hydrogens (tertiary/aromatic N) is 2. The van der Waals surface area contributed by atoms with E-state index in [0.29, 0.717) is 0 Å². The number of hydrogen-bond acceptors (Lipinski definition) is 3. The zero-order valence-corrected chi connectivity index (χ0v) is 44.9. The van der Waals surface area contributed by atoms with E-state index < -0.39 is 0 Å². The fourth-order valence-electron chi connectivity index (χ4n) is 14.7. The van der Waals surface area contributed by atoms with Gasteiger partial charge >= 0.3 is 0 Å². The van der Waals surface area contributed by atoms with Crippen molar-refractivity contribution in [3.8, 4) is 0 Å². The van der Waals surface area contributed by atoms with Crippen molar-refractivity contribution in [2.45, 2.75) is 199 Å². The molecule has 0 unspecified atom stereocenters. The summed E-state index contributed by atoms with van der Waals surface area (Å²) in [5.41, 5.74) is 22.5. The molecule has 7 aliphatic rings. The van der Waals surface area contributed by atoms with E-state index in [2.05, 4.69) is 203 Å². The number of fused-ring (bicyclic) bond motifs is 12. The van der Waals surface area contributed by atoms with E-state index in [0.717, 1.165) is 5.92 Å². The van der Waals surface area contributed by atoms with Crippen LogP contribution in [0.1, 0.15) is 200 Å². The lowest BCUT2D eigenvalue weighted by Crippen LogP contribution is -2.61. The highest BCUT2D eigenvalue weighted by molar-refractivity contribution is 7.33. The summed E-state index contributed by atoms with van der Waals surface area (Å²) in [4.78, 5) is 5.71. The zero-order chi connectivity index (χ0) is 47.9. The SMILES string of the molecule is CC(C)(C)c1ccc(N2c3cc(C45CCC(CC4)CC5)cc4c3B(c3ccc5c(c3N4c3cccc4c3C(C)(C)CCC4(C)C)C(C)(C)CCC5(C)C)c3sc4ccc(C(C)(C)C)cc4c32)cc1. The summed E-state index contributed by atoms with van der Waals surface area (Å²) in [5.74, 6) is 0.897. The average Bonchev–Trinajstić information content (AvgIpc) is 3.67. The topological polar surface area (TPSA) is 6.48 Å². The molecule has 5 aliphatic carbocycles. The van der Waals surface area contributed by atoms with Crippen molar-refractivity contribution >= 4 is 78.0 Å². The molecule has 0 N–H and O–H groups in total. The fourth-order valence-corrected chi connectivity index (χ4v) is 16.0. The molecule has 5 aromatic carbocycles. The summed E-state index contributed by atoms with van der Waals surface area (Å²) in [6, 6.07) is 35.5. The number of thiophene rings is 1. The molecule has 0 saturated heterocycles. The van der Waals surface area contributed by atoms with Crippen LogP contribution in [0.4, 0.5) is 34.1 Å². The molecular formula is C64H77BN2S. The fraction of sp³-hybridized carbons (Fsp3) is 0.500. The van der Waals surface area contributed by atoms with Crippen molar-refractivity contribution in [2.75, 3.05) is 9.80 Å². The maximum atomic E-state index is 2.93. The van der Waals surface area contributed by atoms with Crippen molar-refractivity contribution in [3.63, 3.8) is 0 Å². The van der Waals surface area contributed by atoms with Gasteiger partial charge in [-0.1, -0.05) is 139 Å². The smallest absolute Gasteiger partial charge is 0.264 e. The molecule has 68 heavy (non-hydrogen) atoms. The van der Waals surface area contributed by atoms with Crippen LogP contribution in [0.15, 0.2) is 84.9 Å². The first-order valence-electron chi connectivity index (χ1n) is 26.7. The second-order valence-electron chi connectivity index (χ2n) is 27.5. The van der Waals surface area contributed by atoms with E-state index in [1.807, 2.05) is 0 Å². The Hall–Kier alpha value is -4.28. The Morgan fingerprint density at radius 2 is 1.09 bits per heavy atom. The highest BCUT2D eigenvalue weighted by atomic mass is 32.1. The molecule has 0 atom stereocenters. The maximum Gasteiger partial charge on any atom is 0.264 e. The Balaban J connectivity index is 1.27. The Morgan fingerprint density at radius 3 is 1.71 bits per heavy atom. The van der Waals surface area contributed by atoms with E-state index in [1.54, 1.807) is 22.3 Å². The van der Waals surface area contributed by atoms with Gasteiger partial charge in [-0.2, -0.15) is 0 Å². The molecule has 0 amide bonds. The summed E-state index contributed by atoms with van der Waals surface area (Å²) in [6.07, 6.45) is 12.8. The first-order valence-corrected chi connectivity index (χ1v) is 27.5. The second-order valence-corrected chi connectivity index (χ2v) is 28.6. The Kier molecular flexibility index (Phi) is 9.52. The lowest BCUT2D eigenvalue weighted by atomic mass is 9.35. The Morgan fingerprint density at radius 1 is 0.529 bits per heavy atom.